The molecule has 3 aromatic rings. The van der Waals surface area contributed by atoms with E-state index in [0.717, 1.165) is 30.3 Å². The van der Waals surface area contributed by atoms with Gasteiger partial charge in [-0.2, -0.15) is 0 Å². The van der Waals surface area contributed by atoms with Crippen molar-refractivity contribution in [3.05, 3.63) is 71.9 Å². The Kier molecular flexibility index (Phi) is 12.4. The molecule has 0 unspecified atom stereocenters. The zero-order valence-electron chi connectivity index (χ0n) is 23.8. The number of amides is 2. The number of nitrogens with one attached hydrogen (secondary N) is 1. The van der Waals surface area contributed by atoms with Crippen molar-refractivity contribution in [1.29, 1.82) is 0 Å². The molecule has 0 radical (unpaired) electrons. The van der Waals surface area contributed by atoms with E-state index >= 15 is 0 Å². The molecule has 3 rings (SSSR count). The number of aromatic amines is 1. The highest BCUT2D eigenvalue weighted by atomic mass is 16.2. The maximum Gasteiger partial charge on any atom is 0.242 e. The van der Waals surface area contributed by atoms with Crippen LogP contribution in [0.2, 0.25) is 0 Å². The number of hydrogen-bond acceptors (Lipinski definition) is 2. The predicted molar refractivity (Wildman–Crippen MR) is 158 cm³/mol. The number of carbonyl (C=O) groups is 2. The Balaban J connectivity index is 1.63. The lowest BCUT2D eigenvalue weighted by Gasteiger charge is -2.29. The van der Waals surface area contributed by atoms with Crippen LogP contribution in [0.1, 0.15) is 83.3 Å². The summed E-state index contributed by atoms with van der Waals surface area (Å²) in [6.45, 7) is 8.36. The van der Waals surface area contributed by atoms with Crippen molar-refractivity contribution in [3.63, 3.8) is 0 Å². The minimum absolute atomic E-state index is 0.0160. The standard InChI is InChI=1S/C33H47N3O2/c1-4-5-6-7-8-9-13-20-32(37)36(24-27(2)3)26-33(38)35(25-28-16-11-10-12-17-28)22-21-29-23-34-31-19-15-14-18-30(29)31/h10-12,14-19,23,27,34H,4-9,13,20-22,24-26H2,1-3H3. The number of aromatic nitrogens is 1. The molecular weight excluding hydrogens is 470 g/mol. The Bertz CT molecular complexity index is 1110. The Hall–Kier alpha value is -3.08. The van der Waals surface area contributed by atoms with Gasteiger partial charge in [-0.15, -0.1) is 0 Å². The average molecular weight is 518 g/mol. The molecule has 5 heteroatoms. The minimum Gasteiger partial charge on any atom is -0.361 e. The first-order valence-corrected chi connectivity index (χ1v) is 14.6. The van der Waals surface area contributed by atoms with Crippen molar-refractivity contribution < 1.29 is 9.59 Å². The summed E-state index contributed by atoms with van der Waals surface area (Å²) >= 11 is 0. The number of nitrogens with zero attached hydrogens (tertiary/aromatic N) is 2. The van der Waals surface area contributed by atoms with Crippen molar-refractivity contribution in [2.24, 2.45) is 5.92 Å². The molecule has 206 valence electrons. The number of carbonyl (C=O) groups excluding carboxylic acids is 2. The van der Waals surface area contributed by atoms with Gasteiger partial charge in [0.25, 0.3) is 0 Å². The lowest BCUT2D eigenvalue weighted by Crippen LogP contribution is -2.44. The summed E-state index contributed by atoms with van der Waals surface area (Å²) in [4.78, 5) is 33.9. The van der Waals surface area contributed by atoms with Gasteiger partial charge in [0.05, 0.1) is 6.54 Å². The van der Waals surface area contributed by atoms with E-state index in [0.29, 0.717) is 32.0 Å². The maximum atomic E-state index is 13.7. The molecule has 0 aliphatic heterocycles. The molecule has 1 heterocycles. The molecule has 0 spiro atoms. The van der Waals surface area contributed by atoms with Crippen LogP contribution in [0.25, 0.3) is 10.9 Å². The van der Waals surface area contributed by atoms with E-state index in [2.05, 4.69) is 50.0 Å². The van der Waals surface area contributed by atoms with Gasteiger partial charge in [-0.1, -0.05) is 108 Å². The Morgan fingerprint density at radius 1 is 0.816 bits per heavy atom. The normalized spacial score (nSPS) is 11.3. The molecule has 0 atom stereocenters. The maximum absolute atomic E-state index is 13.7. The van der Waals surface area contributed by atoms with Gasteiger partial charge in [0.1, 0.15) is 0 Å². The molecule has 1 N–H and O–H groups in total. The van der Waals surface area contributed by atoms with Gasteiger partial charge in [0.15, 0.2) is 0 Å². The van der Waals surface area contributed by atoms with Gasteiger partial charge in [0.2, 0.25) is 11.8 Å². The van der Waals surface area contributed by atoms with Gasteiger partial charge < -0.3 is 14.8 Å². The SMILES string of the molecule is CCCCCCCCCC(=O)N(CC(=O)N(CCc1c[nH]c2ccccc12)Cc1ccccc1)CC(C)C. The van der Waals surface area contributed by atoms with Crippen molar-refractivity contribution >= 4 is 22.7 Å². The lowest BCUT2D eigenvalue weighted by molar-refractivity contribution is -0.141. The monoisotopic (exact) mass is 517 g/mol. The van der Waals surface area contributed by atoms with Crippen LogP contribution < -0.4 is 0 Å². The van der Waals surface area contributed by atoms with E-state index in [1.54, 1.807) is 4.90 Å². The van der Waals surface area contributed by atoms with Gasteiger partial charge in [0, 0.05) is 43.2 Å². The van der Waals surface area contributed by atoms with E-state index in [1.165, 1.54) is 43.1 Å². The first-order valence-electron chi connectivity index (χ1n) is 14.6. The Labute approximate surface area is 229 Å². The van der Waals surface area contributed by atoms with Crippen molar-refractivity contribution in [3.8, 4) is 0 Å². The smallest absolute Gasteiger partial charge is 0.242 e. The van der Waals surface area contributed by atoms with Gasteiger partial charge in [-0.25, -0.2) is 0 Å². The molecule has 2 amide bonds. The van der Waals surface area contributed by atoms with Crippen LogP contribution in [-0.4, -0.2) is 46.2 Å². The van der Waals surface area contributed by atoms with Crippen LogP contribution in [0.5, 0.6) is 0 Å². The molecule has 0 saturated carbocycles. The van der Waals surface area contributed by atoms with Crippen molar-refractivity contribution in [1.82, 2.24) is 14.8 Å². The fraction of sp³-hybridized carbons (Fsp3) is 0.515. The highest BCUT2D eigenvalue weighted by molar-refractivity contribution is 5.85. The van der Waals surface area contributed by atoms with Gasteiger partial charge in [-0.3, -0.25) is 9.59 Å². The highest BCUT2D eigenvalue weighted by Crippen LogP contribution is 2.19. The quantitative estimate of drug-likeness (QED) is 0.190. The molecule has 5 nitrogen and oxygen atoms in total. The number of fused-ring (bicyclic) bond motifs is 1. The fourth-order valence-corrected chi connectivity index (χ4v) is 5.04. The third-order valence-corrected chi connectivity index (χ3v) is 7.15. The summed E-state index contributed by atoms with van der Waals surface area (Å²) in [7, 11) is 0. The first kappa shape index (κ1) is 29.5. The predicted octanol–water partition coefficient (Wildman–Crippen LogP) is 7.36. The van der Waals surface area contributed by atoms with Gasteiger partial charge >= 0.3 is 0 Å². The number of hydrogen-bond donors (Lipinski definition) is 1. The molecule has 1 aromatic heterocycles. The van der Waals surface area contributed by atoms with Gasteiger partial charge in [-0.05, 0) is 36.0 Å². The summed E-state index contributed by atoms with van der Waals surface area (Å²) in [5.74, 6) is 0.439. The van der Waals surface area contributed by atoms with Crippen LogP contribution in [0.15, 0.2) is 60.8 Å². The van der Waals surface area contributed by atoms with Crippen LogP contribution in [-0.2, 0) is 22.6 Å². The zero-order chi connectivity index (χ0) is 27.2. The third kappa shape index (κ3) is 9.66. The van der Waals surface area contributed by atoms with E-state index in [-0.39, 0.29) is 18.4 Å². The van der Waals surface area contributed by atoms with Crippen LogP contribution in [0.3, 0.4) is 0 Å². The fourth-order valence-electron chi connectivity index (χ4n) is 5.04. The summed E-state index contributed by atoms with van der Waals surface area (Å²) in [5.41, 5.74) is 3.42. The Morgan fingerprint density at radius 2 is 1.50 bits per heavy atom. The minimum atomic E-state index is 0.0160. The third-order valence-electron chi connectivity index (χ3n) is 7.15. The zero-order valence-corrected chi connectivity index (χ0v) is 23.8. The second-order valence-corrected chi connectivity index (χ2v) is 10.9. The van der Waals surface area contributed by atoms with Crippen molar-refractivity contribution in [2.75, 3.05) is 19.6 Å². The highest BCUT2D eigenvalue weighted by Gasteiger charge is 2.22. The summed E-state index contributed by atoms with van der Waals surface area (Å²) < 4.78 is 0. The molecule has 0 bridgehead atoms. The molecule has 0 fully saturated rings. The second kappa shape index (κ2) is 16.0. The number of benzene rings is 2. The van der Waals surface area contributed by atoms with Crippen LogP contribution in [0.4, 0.5) is 0 Å². The largest absolute Gasteiger partial charge is 0.361 e. The molecule has 0 saturated heterocycles. The summed E-state index contributed by atoms with van der Waals surface area (Å²) in [5, 5.41) is 1.20. The summed E-state index contributed by atoms with van der Waals surface area (Å²) in [6, 6.07) is 18.4. The van der Waals surface area contributed by atoms with E-state index in [1.807, 2.05) is 41.4 Å². The van der Waals surface area contributed by atoms with E-state index in [4.69, 9.17) is 0 Å². The molecular formula is C33H47N3O2. The van der Waals surface area contributed by atoms with Crippen LogP contribution in [0, 0.1) is 5.92 Å². The number of para-hydroxylation sites is 1. The second-order valence-electron chi connectivity index (χ2n) is 10.9. The number of rotatable bonds is 17. The number of H-pyrrole nitrogens is 1. The number of unbranched alkanes of at least 4 members (excludes halogenated alkanes) is 6. The van der Waals surface area contributed by atoms with E-state index < -0.39 is 0 Å². The summed E-state index contributed by atoms with van der Waals surface area (Å²) in [6.07, 6.45) is 11.6. The lowest BCUT2D eigenvalue weighted by atomic mass is 10.1. The molecule has 0 aliphatic rings. The van der Waals surface area contributed by atoms with Crippen molar-refractivity contribution in [2.45, 2.75) is 85.1 Å². The Morgan fingerprint density at radius 3 is 2.24 bits per heavy atom. The van der Waals surface area contributed by atoms with E-state index in [9.17, 15) is 9.59 Å². The molecule has 38 heavy (non-hydrogen) atoms. The first-order chi connectivity index (χ1) is 18.5. The molecule has 0 aliphatic carbocycles. The molecule has 2 aromatic carbocycles. The topological polar surface area (TPSA) is 56.4 Å². The van der Waals surface area contributed by atoms with Crippen LogP contribution >= 0.6 is 0 Å². The average Bonchev–Trinajstić information content (AvgIpc) is 3.33.